The van der Waals surface area contributed by atoms with E-state index in [9.17, 15) is 9.18 Å². The van der Waals surface area contributed by atoms with Gasteiger partial charge < -0.3 is 9.84 Å². The first-order valence-corrected chi connectivity index (χ1v) is 4.62. The fourth-order valence-electron chi connectivity index (χ4n) is 1.23. The summed E-state index contributed by atoms with van der Waals surface area (Å²) in [6.07, 6.45) is -0.191. The van der Waals surface area contributed by atoms with Crippen LogP contribution in [0.25, 0.3) is 0 Å². The van der Waals surface area contributed by atoms with Crippen LogP contribution in [0.4, 0.5) is 4.39 Å². The lowest BCUT2D eigenvalue weighted by Gasteiger charge is -2.12. The number of rotatable bonds is 3. The molecule has 3 nitrogen and oxygen atoms in total. The Kier molecular flexibility index (Phi) is 3.29. The molecular formula is C11H13FO3. The highest BCUT2D eigenvalue weighted by atomic mass is 19.1. The molecule has 0 atom stereocenters. The van der Waals surface area contributed by atoms with E-state index in [1.54, 1.807) is 20.8 Å². The molecule has 0 saturated carbocycles. The topological polar surface area (TPSA) is 46.5 Å². The van der Waals surface area contributed by atoms with E-state index in [4.69, 9.17) is 9.84 Å². The zero-order valence-electron chi connectivity index (χ0n) is 8.87. The minimum absolute atomic E-state index is 0.0204. The highest BCUT2D eigenvalue weighted by molar-refractivity contribution is 5.89. The summed E-state index contributed by atoms with van der Waals surface area (Å²) in [5, 5.41) is 8.84. The van der Waals surface area contributed by atoms with Crippen molar-refractivity contribution in [3.63, 3.8) is 0 Å². The molecule has 0 aliphatic heterocycles. The van der Waals surface area contributed by atoms with Gasteiger partial charge in [0.15, 0.2) is 11.6 Å². The molecule has 0 bridgehead atoms. The molecule has 4 heteroatoms. The van der Waals surface area contributed by atoms with E-state index in [2.05, 4.69) is 0 Å². The highest BCUT2D eigenvalue weighted by Crippen LogP contribution is 2.23. The Balaban J connectivity index is 3.17. The zero-order chi connectivity index (χ0) is 11.6. The Morgan fingerprint density at radius 1 is 1.47 bits per heavy atom. The maximum Gasteiger partial charge on any atom is 0.336 e. The third-order valence-electron chi connectivity index (χ3n) is 1.87. The molecule has 0 aliphatic carbocycles. The minimum Gasteiger partial charge on any atom is -0.488 e. The molecule has 0 unspecified atom stereocenters. The normalized spacial score (nSPS) is 10.5. The van der Waals surface area contributed by atoms with Crippen molar-refractivity contribution in [2.24, 2.45) is 0 Å². The molecule has 1 rings (SSSR count). The summed E-state index contributed by atoms with van der Waals surface area (Å²) in [6.45, 7) is 5.05. The molecule has 0 saturated heterocycles. The first-order chi connectivity index (χ1) is 6.91. The number of hydrogen-bond donors (Lipinski definition) is 1. The lowest BCUT2D eigenvalue weighted by atomic mass is 10.1. The van der Waals surface area contributed by atoms with Crippen molar-refractivity contribution in [3.05, 3.63) is 29.1 Å². The van der Waals surface area contributed by atoms with E-state index in [-0.39, 0.29) is 17.4 Å². The Morgan fingerprint density at radius 3 is 2.53 bits per heavy atom. The lowest BCUT2D eigenvalue weighted by Crippen LogP contribution is -2.09. The second-order valence-electron chi connectivity index (χ2n) is 3.57. The van der Waals surface area contributed by atoms with Crippen LogP contribution in [0.3, 0.4) is 0 Å². The van der Waals surface area contributed by atoms with Crippen LogP contribution >= 0.6 is 0 Å². The number of carboxylic acid groups (broad SMARTS) is 1. The average Bonchev–Trinajstić information content (AvgIpc) is 2.08. The van der Waals surface area contributed by atoms with E-state index in [1.165, 1.54) is 12.1 Å². The maximum atomic E-state index is 13.3. The van der Waals surface area contributed by atoms with Gasteiger partial charge in [0.2, 0.25) is 0 Å². The van der Waals surface area contributed by atoms with Crippen molar-refractivity contribution >= 4 is 5.97 Å². The summed E-state index contributed by atoms with van der Waals surface area (Å²) in [6, 6.07) is 2.38. The number of benzene rings is 1. The van der Waals surface area contributed by atoms with E-state index < -0.39 is 11.8 Å². The van der Waals surface area contributed by atoms with Gasteiger partial charge in [0.05, 0.1) is 11.7 Å². The van der Waals surface area contributed by atoms with Crippen molar-refractivity contribution in [1.82, 2.24) is 0 Å². The van der Waals surface area contributed by atoms with Crippen molar-refractivity contribution in [2.45, 2.75) is 26.9 Å². The van der Waals surface area contributed by atoms with Crippen LogP contribution in [0.5, 0.6) is 5.75 Å². The number of aryl methyl sites for hydroxylation is 1. The molecule has 0 heterocycles. The van der Waals surface area contributed by atoms with Crippen LogP contribution in [-0.4, -0.2) is 17.2 Å². The van der Waals surface area contributed by atoms with Gasteiger partial charge in [-0.2, -0.15) is 0 Å². The second kappa shape index (κ2) is 4.29. The van der Waals surface area contributed by atoms with Crippen LogP contribution in [0, 0.1) is 12.7 Å². The molecule has 1 aromatic rings. The van der Waals surface area contributed by atoms with Crippen LogP contribution in [0.2, 0.25) is 0 Å². The number of halogens is 1. The van der Waals surface area contributed by atoms with Crippen LogP contribution in [0.1, 0.15) is 29.8 Å². The lowest BCUT2D eigenvalue weighted by molar-refractivity contribution is 0.0695. The van der Waals surface area contributed by atoms with Crippen molar-refractivity contribution in [1.29, 1.82) is 0 Å². The molecule has 1 aromatic carbocycles. The molecule has 1 N–H and O–H groups in total. The molecule has 82 valence electrons. The fraction of sp³-hybridized carbons (Fsp3) is 0.364. The highest BCUT2D eigenvalue weighted by Gasteiger charge is 2.13. The Hall–Kier alpha value is -1.58. The molecule has 0 radical (unpaired) electrons. The van der Waals surface area contributed by atoms with E-state index in [0.717, 1.165) is 0 Å². The van der Waals surface area contributed by atoms with E-state index >= 15 is 0 Å². The van der Waals surface area contributed by atoms with Gasteiger partial charge in [-0.15, -0.1) is 0 Å². The Labute approximate surface area is 87.5 Å². The van der Waals surface area contributed by atoms with Gasteiger partial charge in [-0.1, -0.05) is 0 Å². The maximum absolute atomic E-state index is 13.3. The predicted octanol–water partition coefficient (Wildman–Crippen LogP) is 2.62. The van der Waals surface area contributed by atoms with Gasteiger partial charge in [0.25, 0.3) is 0 Å². The Bertz CT molecular complexity index is 386. The summed E-state index contributed by atoms with van der Waals surface area (Å²) in [7, 11) is 0. The summed E-state index contributed by atoms with van der Waals surface area (Å²) < 4.78 is 18.5. The first-order valence-electron chi connectivity index (χ1n) is 4.62. The molecule has 0 amide bonds. The number of carbonyl (C=O) groups is 1. The predicted molar refractivity (Wildman–Crippen MR) is 53.9 cm³/mol. The number of hydrogen-bond acceptors (Lipinski definition) is 2. The van der Waals surface area contributed by atoms with Crippen molar-refractivity contribution in [2.75, 3.05) is 0 Å². The smallest absolute Gasteiger partial charge is 0.336 e. The van der Waals surface area contributed by atoms with Crippen LogP contribution in [-0.2, 0) is 0 Å². The molecule has 0 spiro atoms. The van der Waals surface area contributed by atoms with Gasteiger partial charge in [-0.3, -0.25) is 0 Å². The first kappa shape index (κ1) is 11.5. The van der Waals surface area contributed by atoms with Crippen LogP contribution < -0.4 is 4.74 Å². The zero-order valence-corrected chi connectivity index (χ0v) is 8.87. The second-order valence-corrected chi connectivity index (χ2v) is 3.57. The monoisotopic (exact) mass is 212 g/mol. The standard InChI is InChI=1S/C11H13FO3/c1-6(2)15-10-5-8(11(13)14)7(3)4-9(10)12/h4-6H,1-3H3,(H,13,14). The molecule has 0 aromatic heterocycles. The largest absolute Gasteiger partial charge is 0.488 e. The molecule has 15 heavy (non-hydrogen) atoms. The summed E-state index contributed by atoms with van der Waals surface area (Å²) in [5.41, 5.74) is 0.447. The van der Waals surface area contributed by atoms with Gasteiger partial charge in [0, 0.05) is 0 Å². The summed E-state index contributed by atoms with van der Waals surface area (Å²) in [5.74, 6) is -1.64. The van der Waals surface area contributed by atoms with Gasteiger partial charge in [-0.25, -0.2) is 9.18 Å². The molecular weight excluding hydrogens is 199 g/mol. The Morgan fingerprint density at radius 2 is 2.07 bits per heavy atom. The van der Waals surface area contributed by atoms with Crippen molar-refractivity contribution in [3.8, 4) is 5.75 Å². The SMILES string of the molecule is Cc1cc(F)c(OC(C)C)cc1C(=O)O. The van der Waals surface area contributed by atoms with Gasteiger partial charge in [0.1, 0.15) is 0 Å². The number of ether oxygens (including phenoxy) is 1. The number of carboxylic acids is 1. The third-order valence-corrected chi connectivity index (χ3v) is 1.87. The third kappa shape index (κ3) is 2.68. The molecule has 0 fully saturated rings. The molecule has 0 aliphatic rings. The van der Waals surface area contributed by atoms with Crippen LogP contribution in [0.15, 0.2) is 12.1 Å². The van der Waals surface area contributed by atoms with E-state index in [1.807, 2.05) is 0 Å². The summed E-state index contributed by atoms with van der Waals surface area (Å²) in [4.78, 5) is 10.8. The summed E-state index contributed by atoms with van der Waals surface area (Å²) >= 11 is 0. The van der Waals surface area contributed by atoms with Gasteiger partial charge in [-0.05, 0) is 38.5 Å². The van der Waals surface area contributed by atoms with Crippen molar-refractivity contribution < 1.29 is 19.0 Å². The average molecular weight is 212 g/mol. The quantitative estimate of drug-likeness (QED) is 0.837. The minimum atomic E-state index is -1.08. The van der Waals surface area contributed by atoms with Gasteiger partial charge >= 0.3 is 5.97 Å². The number of aromatic carboxylic acids is 1. The fourth-order valence-corrected chi connectivity index (χ4v) is 1.23. The van der Waals surface area contributed by atoms with E-state index in [0.29, 0.717) is 5.56 Å².